The molecule has 1 heterocycles. The van der Waals surface area contributed by atoms with Crippen LogP contribution in [0.25, 0.3) is 11.4 Å². The van der Waals surface area contributed by atoms with Crippen LogP contribution < -0.4 is 14.7 Å². The van der Waals surface area contributed by atoms with Gasteiger partial charge in [0.2, 0.25) is 0 Å². The van der Waals surface area contributed by atoms with Gasteiger partial charge in [0.1, 0.15) is 0 Å². The summed E-state index contributed by atoms with van der Waals surface area (Å²) in [5.74, 6) is 1.24. The standard InChI is InChI=1S/C22H25N5O3S/c1-5-27-21(16-8-6-14(2)7-9-16)25-26-22(27)31-13-20(29)24-23-15(3)17-10-11-18(28)19(12-17)30-4/h6-12H,5,13H2,1-4H3,(H2,23,24,28,29)/p+1. The predicted octanol–water partition coefficient (Wildman–Crippen LogP) is 3.04. The molecule has 0 saturated carbocycles. The lowest BCUT2D eigenvalue weighted by Crippen LogP contribution is -2.36. The number of nitrogens with zero attached hydrogens (tertiary/aromatic N) is 3. The Hall–Kier alpha value is -3.33. The summed E-state index contributed by atoms with van der Waals surface area (Å²) < 4.78 is 7.14. The van der Waals surface area contributed by atoms with Gasteiger partial charge in [-0.3, -0.25) is 4.79 Å². The number of benzene rings is 2. The van der Waals surface area contributed by atoms with Crippen LogP contribution in [0.3, 0.4) is 0 Å². The van der Waals surface area contributed by atoms with Crippen LogP contribution in [0.5, 0.6) is 11.5 Å². The number of rotatable bonds is 8. The number of hydrogen-bond acceptors (Lipinski definition) is 6. The molecule has 8 nitrogen and oxygen atoms in total. The predicted molar refractivity (Wildman–Crippen MR) is 120 cm³/mol. The van der Waals surface area contributed by atoms with E-state index in [1.54, 1.807) is 19.1 Å². The van der Waals surface area contributed by atoms with Crippen molar-refractivity contribution in [2.24, 2.45) is 5.10 Å². The lowest BCUT2D eigenvalue weighted by Gasteiger charge is -2.06. The van der Waals surface area contributed by atoms with Crippen molar-refractivity contribution in [2.75, 3.05) is 12.9 Å². The third-order valence-corrected chi connectivity index (χ3v) is 5.65. The van der Waals surface area contributed by atoms with Gasteiger partial charge in [0.05, 0.1) is 35.8 Å². The second-order valence-electron chi connectivity index (χ2n) is 6.87. The van der Waals surface area contributed by atoms with Crippen molar-refractivity contribution in [3.8, 4) is 22.9 Å². The topological polar surface area (TPSA) is 103 Å². The summed E-state index contributed by atoms with van der Waals surface area (Å²) in [5.41, 5.74) is 6.14. The molecule has 0 atom stereocenters. The van der Waals surface area contributed by atoms with Crippen LogP contribution in [0.4, 0.5) is 0 Å². The SMILES string of the molecule is CC[n+]1c(SCC(=O)N/N=C(\C)c2ccc(O)c(OC)c2)n[nH]c1-c1ccc(C)cc1. The number of thioether (sulfide) groups is 1. The van der Waals surface area contributed by atoms with E-state index >= 15 is 0 Å². The van der Waals surface area contributed by atoms with E-state index in [2.05, 4.69) is 32.9 Å². The van der Waals surface area contributed by atoms with Crippen molar-refractivity contribution >= 4 is 23.4 Å². The van der Waals surface area contributed by atoms with Crippen molar-refractivity contribution in [1.29, 1.82) is 0 Å². The van der Waals surface area contributed by atoms with E-state index in [-0.39, 0.29) is 17.4 Å². The molecule has 0 aliphatic rings. The Kier molecular flexibility index (Phi) is 7.30. The minimum absolute atomic E-state index is 0.0488. The van der Waals surface area contributed by atoms with Crippen LogP contribution in [0.2, 0.25) is 0 Å². The summed E-state index contributed by atoms with van der Waals surface area (Å²) in [6, 6.07) is 13.1. The summed E-state index contributed by atoms with van der Waals surface area (Å²) >= 11 is 1.34. The first-order valence-electron chi connectivity index (χ1n) is 9.81. The number of aromatic amines is 1. The number of aromatic nitrogens is 3. The monoisotopic (exact) mass is 440 g/mol. The zero-order valence-corrected chi connectivity index (χ0v) is 18.8. The third-order valence-electron chi connectivity index (χ3n) is 4.68. The number of aryl methyl sites for hydroxylation is 1. The number of amides is 1. The van der Waals surface area contributed by atoms with E-state index in [1.165, 1.54) is 30.5 Å². The highest BCUT2D eigenvalue weighted by molar-refractivity contribution is 7.99. The van der Waals surface area contributed by atoms with Crippen LogP contribution in [0.1, 0.15) is 25.0 Å². The molecule has 0 aliphatic carbocycles. The Morgan fingerprint density at radius 3 is 2.71 bits per heavy atom. The molecule has 9 heteroatoms. The second kappa shape index (κ2) is 10.1. The number of carbonyl (C=O) groups excluding carboxylic acids is 1. The molecule has 1 aromatic heterocycles. The molecule has 0 radical (unpaired) electrons. The van der Waals surface area contributed by atoms with Gasteiger partial charge in [-0.2, -0.15) is 5.10 Å². The molecule has 162 valence electrons. The number of aromatic hydroxyl groups is 1. The lowest BCUT2D eigenvalue weighted by molar-refractivity contribution is -0.719. The van der Waals surface area contributed by atoms with Gasteiger partial charge in [0.15, 0.2) is 11.5 Å². The highest BCUT2D eigenvalue weighted by atomic mass is 32.2. The fourth-order valence-corrected chi connectivity index (χ4v) is 3.74. The minimum Gasteiger partial charge on any atom is -0.504 e. The number of phenolic OH excluding ortho intramolecular Hbond substituents is 1. The van der Waals surface area contributed by atoms with Crippen molar-refractivity contribution in [2.45, 2.75) is 32.5 Å². The maximum Gasteiger partial charge on any atom is 0.337 e. The van der Waals surface area contributed by atoms with Crippen LogP contribution in [-0.2, 0) is 11.3 Å². The van der Waals surface area contributed by atoms with E-state index in [1.807, 2.05) is 30.5 Å². The van der Waals surface area contributed by atoms with E-state index in [4.69, 9.17) is 4.74 Å². The van der Waals surface area contributed by atoms with Gasteiger partial charge >= 0.3 is 5.16 Å². The molecule has 0 unspecified atom stereocenters. The number of nitrogens with one attached hydrogen (secondary N) is 2. The van der Waals surface area contributed by atoms with Gasteiger partial charge < -0.3 is 9.84 Å². The highest BCUT2D eigenvalue weighted by Gasteiger charge is 2.21. The normalized spacial score (nSPS) is 11.4. The maximum atomic E-state index is 12.3. The van der Waals surface area contributed by atoms with E-state index in [9.17, 15) is 9.90 Å². The van der Waals surface area contributed by atoms with Crippen LogP contribution in [-0.4, -0.2) is 39.8 Å². The molecule has 1 amide bonds. The highest BCUT2D eigenvalue weighted by Crippen LogP contribution is 2.26. The summed E-state index contributed by atoms with van der Waals surface area (Å²) in [4.78, 5) is 12.3. The largest absolute Gasteiger partial charge is 0.504 e. The first-order chi connectivity index (χ1) is 14.9. The molecule has 0 spiro atoms. The summed E-state index contributed by atoms with van der Waals surface area (Å²) in [6.07, 6.45) is 0. The summed E-state index contributed by atoms with van der Waals surface area (Å²) in [5, 5.41) is 22.0. The average molecular weight is 441 g/mol. The van der Waals surface area contributed by atoms with E-state index in [0.29, 0.717) is 11.5 Å². The Balaban J connectivity index is 1.63. The zero-order valence-electron chi connectivity index (χ0n) is 18.0. The number of carbonyl (C=O) groups is 1. The first-order valence-corrected chi connectivity index (χ1v) is 10.8. The van der Waals surface area contributed by atoms with Crippen molar-refractivity contribution in [1.82, 2.24) is 15.6 Å². The summed E-state index contributed by atoms with van der Waals surface area (Å²) in [6.45, 7) is 6.58. The number of H-pyrrole nitrogens is 1. The quantitative estimate of drug-likeness (QED) is 0.216. The lowest BCUT2D eigenvalue weighted by atomic mass is 10.1. The summed E-state index contributed by atoms with van der Waals surface area (Å²) in [7, 11) is 1.48. The first kappa shape index (κ1) is 22.4. The molecule has 31 heavy (non-hydrogen) atoms. The molecular weight excluding hydrogens is 414 g/mol. The number of methoxy groups -OCH3 is 1. The fourth-order valence-electron chi connectivity index (χ4n) is 2.93. The van der Waals surface area contributed by atoms with Crippen molar-refractivity contribution < 1.29 is 19.2 Å². The van der Waals surface area contributed by atoms with Crippen LogP contribution in [0, 0.1) is 6.92 Å². The Morgan fingerprint density at radius 2 is 2.03 bits per heavy atom. The number of phenols is 1. The van der Waals surface area contributed by atoms with Gasteiger partial charge in [-0.05, 0) is 62.9 Å². The second-order valence-corrected chi connectivity index (χ2v) is 7.82. The van der Waals surface area contributed by atoms with Gasteiger partial charge in [-0.1, -0.05) is 17.7 Å². The molecular formula is C22H26N5O3S+. The minimum atomic E-state index is -0.238. The van der Waals surface area contributed by atoms with E-state index < -0.39 is 0 Å². The van der Waals surface area contributed by atoms with E-state index in [0.717, 1.165) is 28.7 Å². The van der Waals surface area contributed by atoms with Crippen molar-refractivity contribution in [3.05, 3.63) is 53.6 Å². The zero-order chi connectivity index (χ0) is 22.4. The van der Waals surface area contributed by atoms with Gasteiger partial charge in [0.25, 0.3) is 11.7 Å². The number of ether oxygens (including phenoxy) is 1. The Bertz CT molecular complexity index is 1090. The molecule has 2 aromatic carbocycles. The molecule has 0 saturated heterocycles. The smallest absolute Gasteiger partial charge is 0.337 e. The maximum absolute atomic E-state index is 12.3. The molecule has 3 aromatic rings. The Morgan fingerprint density at radius 1 is 1.29 bits per heavy atom. The van der Waals surface area contributed by atoms with Gasteiger partial charge in [0, 0.05) is 5.56 Å². The fraction of sp³-hybridized carbons (Fsp3) is 0.273. The van der Waals surface area contributed by atoms with Gasteiger partial charge in [-0.15, -0.1) is 5.10 Å². The molecule has 3 N–H and O–H groups in total. The van der Waals surface area contributed by atoms with Crippen LogP contribution in [0.15, 0.2) is 52.7 Å². The molecule has 0 fully saturated rings. The third kappa shape index (κ3) is 5.43. The Labute approximate surface area is 185 Å². The number of hydrazone groups is 1. The number of hydrogen-bond donors (Lipinski definition) is 3. The molecule has 3 rings (SSSR count). The molecule has 0 bridgehead atoms. The van der Waals surface area contributed by atoms with Gasteiger partial charge in [-0.25, -0.2) is 9.99 Å². The molecule has 0 aliphatic heterocycles. The van der Waals surface area contributed by atoms with Crippen molar-refractivity contribution in [3.63, 3.8) is 0 Å². The van der Waals surface area contributed by atoms with Crippen LogP contribution >= 0.6 is 11.8 Å². The average Bonchev–Trinajstić information content (AvgIpc) is 3.19.